The van der Waals surface area contributed by atoms with E-state index in [4.69, 9.17) is 11.6 Å². The Labute approximate surface area is 89.6 Å². The van der Waals surface area contributed by atoms with Crippen LogP contribution in [-0.4, -0.2) is 42.7 Å². The van der Waals surface area contributed by atoms with Crippen LogP contribution < -0.4 is 5.32 Å². The molecule has 0 aromatic carbocycles. The topological polar surface area (TPSA) is 49.4 Å². The lowest BCUT2D eigenvalue weighted by Gasteiger charge is -2.19. The summed E-state index contributed by atoms with van der Waals surface area (Å²) in [5.41, 5.74) is 0. The van der Waals surface area contributed by atoms with E-state index in [1.807, 2.05) is 6.92 Å². The van der Waals surface area contributed by atoms with Crippen molar-refractivity contribution in [3.63, 3.8) is 0 Å². The Kier molecular flexibility index (Phi) is 7.20. The number of rotatable bonds is 6. The molecule has 0 saturated carbocycles. The van der Waals surface area contributed by atoms with Gasteiger partial charge < -0.3 is 10.2 Å². The fraction of sp³-hybridized carbons (Fsp3) is 0.778. The summed E-state index contributed by atoms with van der Waals surface area (Å²) >= 11 is 5.48. The van der Waals surface area contributed by atoms with Crippen molar-refractivity contribution in [1.82, 2.24) is 10.2 Å². The van der Waals surface area contributed by atoms with Crippen LogP contribution in [0.25, 0.3) is 0 Å². The Balaban J connectivity index is 3.98. The third-order valence-corrected chi connectivity index (χ3v) is 2.14. The molecule has 0 radical (unpaired) electrons. The first kappa shape index (κ1) is 13.2. The molecule has 5 heteroatoms. The second-order valence-corrected chi connectivity index (χ2v) is 3.25. The van der Waals surface area contributed by atoms with Gasteiger partial charge in [-0.25, -0.2) is 0 Å². The minimum atomic E-state index is -0.147. The Morgan fingerprint density at radius 1 is 1.43 bits per heavy atom. The molecular formula is C9H17ClN2O2. The Morgan fingerprint density at radius 2 is 2.07 bits per heavy atom. The lowest BCUT2D eigenvalue weighted by Crippen LogP contribution is -2.39. The molecule has 0 bridgehead atoms. The normalized spacial score (nSPS) is 9.64. The summed E-state index contributed by atoms with van der Waals surface area (Å²) in [6.45, 7) is 2.53. The molecule has 1 N–H and O–H groups in total. The van der Waals surface area contributed by atoms with Crippen molar-refractivity contribution >= 4 is 23.4 Å². The van der Waals surface area contributed by atoms with Gasteiger partial charge in [-0.1, -0.05) is 0 Å². The molecule has 0 atom stereocenters. The molecule has 4 nitrogen and oxygen atoms in total. The van der Waals surface area contributed by atoms with Gasteiger partial charge >= 0.3 is 0 Å². The highest BCUT2D eigenvalue weighted by molar-refractivity contribution is 6.17. The monoisotopic (exact) mass is 220 g/mol. The van der Waals surface area contributed by atoms with Crippen LogP contribution in [0.2, 0.25) is 0 Å². The molecule has 0 aliphatic carbocycles. The molecule has 0 aliphatic heterocycles. The molecule has 82 valence electrons. The van der Waals surface area contributed by atoms with Crippen LogP contribution in [-0.2, 0) is 9.59 Å². The summed E-state index contributed by atoms with van der Waals surface area (Å²) < 4.78 is 0. The number of nitrogens with zero attached hydrogens (tertiary/aromatic N) is 1. The molecule has 0 aromatic rings. The number of halogens is 1. The standard InChI is InChI=1S/C9H17ClN2O2/c1-3-12(7-8(13)11-2)9(14)5-4-6-10/h3-7H2,1-2H3,(H,11,13). The summed E-state index contributed by atoms with van der Waals surface area (Å²) in [6, 6.07) is 0. The molecule has 2 amide bonds. The van der Waals surface area contributed by atoms with E-state index in [2.05, 4.69) is 5.32 Å². The zero-order chi connectivity index (χ0) is 11.0. The van der Waals surface area contributed by atoms with Gasteiger partial charge in [0.1, 0.15) is 0 Å². The van der Waals surface area contributed by atoms with Crippen molar-refractivity contribution in [3.05, 3.63) is 0 Å². The largest absolute Gasteiger partial charge is 0.358 e. The number of alkyl halides is 1. The maximum Gasteiger partial charge on any atom is 0.239 e. The number of carbonyl (C=O) groups excluding carboxylic acids is 2. The van der Waals surface area contributed by atoms with Gasteiger partial charge in [0.25, 0.3) is 0 Å². The third kappa shape index (κ3) is 5.07. The fourth-order valence-electron chi connectivity index (χ4n) is 1.00. The zero-order valence-corrected chi connectivity index (χ0v) is 9.43. The highest BCUT2D eigenvalue weighted by Gasteiger charge is 2.13. The summed E-state index contributed by atoms with van der Waals surface area (Å²) in [7, 11) is 1.55. The predicted molar refractivity (Wildman–Crippen MR) is 56.3 cm³/mol. The number of amides is 2. The maximum absolute atomic E-state index is 11.5. The smallest absolute Gasteiger partial charge is 0.239 e. The average molecular weight is 221 g/mol. The van der Waals surface area contributed by atoms with Crippen LogP contribution in [0, 0.1) is 0 Å². The van der Waals surface area contributed by atoms with E-state index in [-0.39, 0.29) is 18.4 Å². The number of carbonyl (C=O) groups is 2. The molecule has 0 spiro atoms. The van der Waals surface area contributed by atoms with E-state index in [0.29, 0.717) is 25.3 Å². The first-order chi connectivity index (χ1) is 6.65. The van der Waals surface area contributed by atoms with Crippen molar-refractivity contribution < 1.29 is 9.59 Å². The highest BCUT2D eigenvalue weighted by atomic mass is 35.5. The SMILES string of the molecule is CCN(CC(=O)NC)C(=O)CCCCl. The lowest BCUT2D eigenvalue weighted by molar-refractivity contribution is -0.135. The van der Waals surface area contributed by atoms with Gasteiger partial charge in [-0.3, -0.25) is 9.59 Å². The van der Waals surface area contributed by atoms with Gasteiger partial charge in [-0.2, -0.15) is 0 Å². The minimum absolute atomic E-state index is 0.0169. The lowest BCUT2D eigenvalue weighted by atomic mass is 10.3. The molecule has 0 fully saturated rings. The summed E-state index contributed by atoms with van der Waals surface area (Å²) in [5, 5.41) is 2.48. The third-order valence-electron chi connectivity index (χ3n) is 1.87. The van der Waals surface area contributed by atoms with E-state index in [1.54, 1.807) is 7.05 Å². The van der Waals surface area contributed by atoms with Gasteiger partial charge in [0.15, 0.2) is 0 Å². The molecule has 0 aromatic heterocycles. The van der Waals surface area contributed by atoms with Crippen molar-refractivity contribution in [2.45, 2.75) is 19.8 Å². The predicted octanol–water partition coefficient (Wildman–Crippen LogP) is 0.600. The Bertz CT molecular complexity index is 197. The van der Waals surface area contributed by atoms with Crippen LogP contribution in [0.15, 0.2) is 0 Å². The summed E-state index contributed by atoms with van der Waals surface area (Å²) in [4.78, 5) is 24.0. The van der Waals surface area contributed by atoms with Crippen molar-refractivity contribution in [3.8, 4) is 0 Å². The summed E-state index contributed by atoms with van der Waals surface area (Å²) in [6.07, 6.45) is 1.07. The second-order valence-electron chi connectivity index (χ2n) is 2.87. The second kappa shape index (κ2) is 7.62. The van der Waals surface area contributed by atoms with E-state index in [9.17, 15) is 9.59 Å². The Morgan fingerprint density at radius 3 is 2.50 bits per heavy atom. The van der Waals surface area contributed by atoms with Crippen molar-refractivity contribution in [2.24, 2.45) is 0 Å². The molecule has 0 unspecified atom stereocenters. The first-order valence-corrected chi connectivity index (χ1v) is 5.23. The van der Waals surface area contributed by atoms with Crippen LogP contribution in [0.5, 0.6) is 0 Å². The molecule has 14 heavy (non-hydrogen) atoms. The average Bonchev–Trinajstić information content (AvgIpc) is 2.21. The minimum Gasteiger partial charge on any atom is -0.358 e. The van der Waals surface area contributed by atoms with Crippen LogP contribution in [0.3, 0.4) is 0 Å². The fourth-order valence-corrected chi connectivity index (χ4v) is 1.14. The van der Waals surface area contributed by atoms with Crippen molar-refractivity contribution in [2.75, 3.05) is 26.0 Å². The van der Waals surface area contributed by atoms with E-state index < -0.39 is 0 Å². The number of hydrogen-bond donors (Lipinski definition) is 1. The Hall–Kier alpha value is -0.770. The molecule has 0 heterocycles. The van der Waals surface area contributed by atoms with Gasteiger partial charge in [0.05, 0.1) is 6.54 Å². The maximum atomic E-state index is 11.5. The number of likely N-dealkylation sites (N-methyl/N-ethyl adjacent to an activating group) is 2. The van der Waals surface area contributed by atoms with Crippen LogP contribution in [0.1, 0.15) is 19.8 Å². The molecule has 0 aliphatic rings. The van der Waals surface area contributed by atoms with Gasteiger partial charge in [0, 0.05) is 25.9 Å². The van der Waals surface area contributed by atoms with Gasteiger partial charge in [0.2, 0.25) is 11.8 Å². The van der Waals surface area contributed by atoms with Crippen molar-refractivity contribution in [1.29, 1.82) is 0 Å². The van der Waals surface area contributed by atoms with Gasteiger partial charge in [-0.05, 0) is 13.3 Å². The highest BCUT2D eigenvalue weighted by Crippen LogP contribution is 1.99. The van der Waals surface area contributed by atoms with Crippen LogP contribution >= 0.6 is 11.6 Å². The number of nitrogens with one attached hydrogen (secondary N) is 1. The first-order valence-electron chi connectivity index (χ1n) is 4.70. The quantitative estimate of drug-likeness (QED) is 0.667. The van der Waals surface area contributed by atoms with E-state index in [0.717, 1.165) is 0 Å². The van der Waals surface area contributed by atoms with E-state index in [1.165, 1.54) is 4.90 Å². The molecule has 0 saturated heterocycles. The number of hydrogen-bond acceptors (Lipinski definition) is 2. The van der Waals surface area contributed by atoms with Crippen LogP contribution in [0.4, 0.5) is 0 Å². The van der Waals surface area contributed by atoms with Gasteiger partial charge in [-0.15, -0.1) is 11.6 Å². The summed E-state index contributed by atoms with van der Waals surface area (Å²) in [5.74, 6) is 0.311. The molecule has 0 rings (SSSR count). The van der Waals surface area contributed by atoms with E-state index >= 15 is 0 Å². The molecular weight excluding hydrogens is 204 g/mol. The zero-order valence-electron chi connectivity index (χ0n) is 8.68.